The Balaban J connectivity index is 2.65. The zero-order chi connectivity index (χ0) is 13.5. The molecule has 18 heavy (non-hydrogen) atoms. The maximum atomic E-state index is 11.9. The minimum Gasteiger partial charge on any atom is -0.469 e. The highest BCUT2D eigenvalue weighted by molar-refractivity contribution is 6.30. The van der Waals surface area contributed by atoms with Gasteiger partial charge in [0.05, 0.1) is 13.5 Å². The van der Waals surface area contributed by atoms with Gasteiger partial charge in [-0.25, -0.2) is 0 Å². The SMILES string of the molecule is CCC(CC(=O)OC)NC(=O)c1cccc(Cl)c1. The third kappa shape index (κ3) is 4.37. The standard InChI is InChI=1S/C13H16ClNO3/c1-3-11(8-12(16)18-2)15-13(17)9-5-4-6-10(14)7-9/h4-7,11H,3,8H2,1-2H3,(H,15,17). The number of benzene rings is 1. The second-order valence-electron chi connectivity index (χ2n) is 3.87. The number of methoxy groups -OCH3 is 1. The van der Waals surface area contributed by atoms with Crippen LogP contribution in [0.1, 0.15) is 30.1 Å². The molecule has 0 fully saturated rings. The summed E-state index contributed by atoms with van der Waals surface area (Å²) in [4.78, 5) is 23.1. The number of halogens is 1. The number of esters is 1. The highest BCUT2D eigenvalue weighted by atomic mass is 35.5. The van der Waals surface area contributed by atoms with Crippen LogP contribution in [0.2, 0.25) is 5.02 Å². The van der Waals surface area contributed by atoms with E-state index in [1.165, 1.54) is 7.11 Å². The third-order valence-corrected chi connectivity index (χ3v) is 2.79. The number of amides is 1. The van der Waals surface area contributed by atoms with E-state index in [0.29, 0.717) is 17.0 Å². The van der Waals surface area contributed by atoms with Gasteiger partial charge >= 0.3 is 5.97 Å². The van der Waals surface area contributed by atoms with Gasteiger partial charge in [-0.2, -0.15) is 0 Å². The molecule has 1 atom stereocenters. The fraction of sp³-hybridized carbons (Fsp3) is 0.385. The molecular formula is C13H16ClNO3. The van der Waals surface area contributed by atoms with Crippen LogP contribution >= 0.6 is 11.6 Å². The van der Waals surface area contributed by atoms with E-state index in [4.69, 9.17) is 11.6 Å². The Morgan fingerprint density at radius 1 is 1.44 bits per heavy atom. The topological polar surface area (TPSA) is 55.4 Å². The molecule has 0 aliphatic carbocycles. The maximum absolute atomic E-state index is 11.9. The van der Waals surface area contributed by atoms with Crippen LogP contribution in [0.4, 0.5) is 0 Å². The van der Waals surface area contributed by atoms with Gasteiger partial charge in [0.1, 0.15) is 0 Å². The summed E-state index contributed by atoms with van der Waals surface area (Å²) in [6.07, 6.45) is 0.820. The zero-order valence-corrected chi connectivity index (χ0v) is 11.2. The molecule has 0 heterocycles. The van der Waals surface area contributed by atoms with Gasteiger partial charge < -0.3 is 10.1 Å². The molecule has 0 radical (unpaired) electrons. The highest BCUT2D eigenvalue weighted by Gasteiger charge is 2.16. The molecule has 0 saturated heterocycles. The number of ether oxygens (including phenoxy) is 1. The number of carbonyl (C=O) groups is 2. The smallest absolute Gasteiger partial charge is 0.307 e. The van der Waals surface area contributed by atoms with Gasteiger partial charge in [0.2, 0.25) is 0 Å². The Morgan fingerprint density at radius 3 is 2.72 bits per heavy atom. The van der Waals surface area contributed by atoms with Crippen molar-refractivity contribution in [1.82, 2.24) is 5.32 Å². The third-order valence-electron chi connectivity index (χ3n) is 2.56. The Morgan fingerprint density at radius 2 is 2.17 bits per heavy atom. The van der Waals surface area contributed by atoms with E-state index in [2.05, 4.69) is 10.1 Å². The Hall–Kier alpha value is -1.55. The van der Waals surface area contributed by atoms with Crippen molar-refractivity contribution in [3.8, 4) is 0 Å². The van der Waals surface area contributed by atoms with E-state index in [1.807, 2.05) is 6.92 Å². The lowest BCUT2D eigenvalue weighted by Gasteiger charge is -2.15. The van der Waals surface area contributed by atoms with E-state index in [1.54, 1.807) is 24.3 Å². The largest absolute Gasteiger partial charge is 0.469 e. The lowest BCUT2D eigenvalue weighted by molar-refractivity contribution is -0.141. The molecule has 1 aromatic carbocycles. The number of hydrogen-bond donors (Lipinski definition) is 1. The van der Waals surface area contributed by atoms with Gasteiger partial charge in [-0.15, -0.1) is 0 Å². The molecule has 4 nitrogen and oxygen atoms in total. The summed E-state index contributed by atoms with van der Waals surface area (Å²) in [5.74, 6) is -0.582. The predicted molar refractivity (Wildman–Crippen MR) is 69.6 cm³/mol. The van der Waals surface area contributed by atoms with Crippen molar-refractivity contribution in [3.63, 3.8) is 0 Å². The Kier molecular flexibility index (Phi) is 5.65. The lowest BCUT2D eigenvalue weighted by Crippen LogP contribution is -2.36. The van der Waals surface area contributed by atoms with Gasteiger partial charge in [-0.3, -0.25) is 9.59 Å². The van der Waals surface area contributed by atoms with Crippen molar-refractivity contribution in [2.45, 2.75) is 25.8 Å². The maximum Gasteiger partial charge on any atom is 0.307 e. The van der Waals surface area contributed by atoms with Crippen LogP contribution in [0.15, 0.2) is 24.3 Å². The number of rotatable bonds is 5. The van der Waals surface area contributed by atoms with Gasteiger partial charge in [0, 0.05) is 16.6 Å². The van der Waals surface area contributed by atoms with Crippen molar-refractivity contribution in [1.29, 1.82) is 0 Å². The van der Waals surface area contributed by atoms with E-state index in [0.717, 1.165) is 0 Å². The molecule has 0 aliphatic rings. The van der Waals surface area contributed by atoms with Crippen LogP contribution in [0.3, 0.4) is 0 Å². The van der Waals surface area contributed by atoms with E-state index >= 15 is 0 Å². The van der Waals surface area contributed by atoms with Crippen LogP contribution in [0.5, 0.6) is 0 Å². The minimum atomic E-state index is -0.340. The van der Waals surface area contributed by atoms with Crippen molar-refractivity contribution >= 4 is 23.5 Å². The molecule has 0 aromatic heterocycles. The fourth-order valence-electron chi connectivity index (χ4n) is 1.48. The molecule has 98 valence electrons. The van der Waals surface area contributed by atoms with Crippen LogP contribution in [-0.4, -0.2) is 25.0 Å². The van der Waals surface area contributed by atoms with Crippen molar-refractivity contribution < 1.29 is 14.3 Å². The number of nitrogens with one attached hydrogen (secondary N) is 1. The first-order valence-corrected chi connectivity index (χ1v) is 6.07. The number of hydrogen-bond acceptors (Lipinski definition) is 3. The monoisotopic (exact) mass is 269 g/mol. The molecule has 5 heteroatoms. The summed E-state index contributed by atoms with van der Waals surface area (Å²) in [7, 11) is 1.33. The molecule has 1 unspecified atom stereocenters. The van der Waals surface area contributed by atoms with Crippen LogP contribution in [0, 0.1) is 0 Å². The summed E-state index contributed by atoms with van der Waals surface area (Å²) in [5.41, 5.74) is 0.478. The van der Waals surface area contributed by atoms with Crippen molar-refractivity contribution in [3.05, 3.63) is 34.9 Å². The van der Waals surface area contributed by atoms with Crippen LogP contribution < -0.4 is 5.32 Å². The summed E-state index contributed by atoms with van der Waals surface area (Å²) in [6, 6.07) is 6.43. The molecule has 0 spiro atoms. The number of carbonyl (C=O) groups excluding carboxylic acids is 2. The van der Waals surface area contributed by atoms with Gasteiger partial charge in [0.15, 0.2) is 0 Å². The van der Waals surface area contributed by atoms with E-state index in [9.17, 15) is 9.59 Å². The second kappa shape index (κ2) is 7.01. The Bertz CT molecular complexity index is 434. The first kappa shape index (κ1) is 14.5. The van der Waals surface area contributed by atoms with Crippen molar-refractivity contribution in [2.75, 3.05) is 7.11 Å². The second-order valence-corrected chi connectivity index (χ2v) is 4.31. The predicted octanol–water partition coefficient (Wildman–Crippen LogP) is 2.41. The average molecular weight is 270 g/mol. The van der Waals surface area contributed by atoms with E-state index < -0.39 is 0 Å². The Labute approximate surface area is 111 Å². The molecular weight excluding hydrogens is 254 g/mol. The lowest BCUT2D eigenvalue weighted by atomic mass is 10.1. The normalized spacial score (nSPS) is 11.7. The van der Waals surface area contributed by atoms with Gasteiger partial charge in [-0.05, 0) is 24.6 Å². The van der Waals surface area contributed by atoms with Crippen LogP contribution in [-0.2, 0) is 9.53 Å². The quantitative estimate of drug-likeness (QED) is 0.835. The molecule has 0 aliphatic heterocycles. The van der Waals surface area contributed by atoms with Gasteiger partial charge in [0.25, 0.3) is 5.91 Å². The summed E-state index contributed by atoms with van der Waals surface area (Å²) < 4.78 is 4.58. The summed E-state index contributed by atoms with van der Waals surface area (Å²) in [5, 5.41) is 3.28. The molecule has 0 bridgehead atoms. The fourth-order valence-corrected chi connectivity index (χ4v) is 1.67. The first-order valence-electron chi connectivity index (χ1n) is 5.70. The molecule has 1 N–H and O–H groups in total. The summed E-state index contributed by atoms with van der Waals surface area (Å²) >= 11 is 5.81. The molecule has 1 aromatic rings. The summed E-state index contributed by atoms with van der Waals surface area (Å²) in [6.45, 7) is 1.89. The van der Waals surface area contributed by atoms with E-state index in [-0.39, 0.29) is 24.3 Å². The minimum absolute atomic E-state index is 0.166. The average Bonchev–Trinajstić information content (AvgIpc) is 2.37. The van der Waals surface area contributed by atoms with Crippen LogP contribution in [0.25, 0.3) is 0 Å². The first-order chi connectivity index (χ1) is 8.56. The van der Waals surface area contributed by atoms with Gasteiger partial charge in [-0.1, -0.05) is 24.6 Å². The molecule has 0 saturated carbocycles. The zero-order valence-electron chi connectivity index (χ0n) is 10.4. The molecule has 1 rings (SSSR count). The molecule has 1 amide bonds. The highest BCUT2D eigenvalue weighted by Crippen LogP contribution is 2.11. The van der Waals surface area contributed by atoms with Crippen molar-refractivity contribution in [2.24, 2.45) is 0 Å².